The van der Waals surface area contributed by atoms with Gasteiger partial charge < -0.3 is 10.1 Å². The molecule has 18 heavy (non-hydrogen) atoms. The van der Waals surface area contributed by atoms with E-state index in [4.69, 9.17) is 4.74 Å². The summed E-state index contributed by atoms with van der Waals surface area (Å²) < 4.78 is 5.75. The lowest BCUT2D eigenvalue weighted by atomic mass is 9.94. The van der Waals surface area contributed by atoms with Gasteiger partial charge in [0.05, 0.1) is 0 Å². The van der Waals surface area contributed by atoms with Crippen LogP contribution in [-0.4, -0.2) is 13.4 Å². The van der Waals surface area contributed by atoms with E-state index in [1.807, 2.05) is 0 Å². The predicted molar refractivity (Wildman–Crippen MR) is 79.2 cm³/mol. The molecule has 0 aliphatic carbocycles. The number of rotatable bonds is 5. The van der Waals surface area contributed by atoms with Crippen LogP contribution in [0.5, 0.6) is 0 Å². The van der Waals surface area contributed by atoms with E-state index in [-0.39, 0.29) is 6.10 Å². The lowest BCUT2D eigenvalue weighted by Crippen LogP contribution is -2.15. The first kappa shape index (κ1) is 13.5. The third-order valence-corrected chi connectivity index (χ3v) is 4.15. The Hall–Kier alpha value is -0.930. The van der Waals surface area contributed by atoms with E-state index >= 15 is 0 Å². The van der Waals surface area contributed by atoms with Crippen LogP contribution in [0.4, 0.5) is 5.69 Å². The Morgan fingerprint density at radius 2 is 2.22 bits per heavy atom. The molecule has 1 unspecified atom stereocenters. The van der Waals surface area contributed by atoms with Crippen molar-refractivity contribution in [2.75, 3.05) is 18.7 Å². The van der Waals surface area contributed by atoms with Gasteiger partial charge in [-0.15, -0.1) is 11.8 Å². The van der Waals surface area contributed by atoms with Crippen molar-refractivity contribution < 1.29 is 4.74 Å². The molecular weight excluding hydrogens is 242 g/mol. The van der Waals surface area contributed by atoms with Crippen LogP contribution in [0.15, 0.2) is 34.9 Å². The summed E-state index contributed by atoms with van der Waals surface area (Å²) in [5, 5.41) is 3.41. The average molecular weight is 263 g/mol. The molecule has 0 amide bonds. The van der Waals surface area contributed by atoms with Gasteiger partial charge in [0.15, 0.2) is 0 Å². The number of hydrogen-bond acceptors (Lipinski definition) is 3. The first-order valence-corrected chi connectivity index (χ1v) is 7.69. The molecular formula is C15H21NOS. The first-order valence-electron chi connectivity index (χ1n) is 6.47. The fourth-order valence-electron chi connectivity index (χ4n) is 2.40. The van der Waals surface area contributed by atoms with Gasteiger partial charge in [-0.05, 0) is 36.8 Å². The Morgan fingerprint density at radius 3 is 2.89 bits per heavy atom. The summed E-state index contributed by atoms with van der Waals surface area (Å²) >= 11 is 1.78. The Bertz CT molecular complexity index is 442. The molecule has 0 spiro atoms. The standard InChI is InChI=1S/C15H21NOS/c1-4-5-7-11-10-16-12-8-6-9-13(18-3)14(12)15(11)17-2/h6,8-10,15-16H,4-5,7H2,1-3H3. The molecule has 2 rings (SSSR count). The summed E-state index contributed by atoms with van der Waals surface area (Å²) in [5.74, 6) is 0. The summed E-state index contributed by atoms with van der Waals surface area (Å²) in [5.41, 5.74) is 3.82. The molecule has 98 valence electrons. The second kappa shape index (κ2) is 6.30. The molecule has 1 aromatic rings. The van der Waals surface area contributed by atoms with E-state index in [0.29, 0.717) is 0 Å². The third kappa shape index (κ3) is 2.57. The molecule has 1 N–H and O–H groups in total. The fourth-order valence-corrected chi connectivity index (χ4v) is 3.05. The summed E-state index contributed by atoms with van der Waals surface area (Å²) in [6.45, 7) is 2.22. The van der Waals surface area contributed by atoms with Gasteiger partial charge in [0.1, 0.15) is 6.10 Å². The van der Waals surface area contributed by atoms with Crippen LogP contribution in [0, 0.1) is 0 Å². The second-order valence-electron chi connectivity index (χ2n) is 4.50. The van der Waals surface area contributed by atoms with Crippen molar-refractivity contribution in [3.05, 3.63) is 35.5 Å². The highest BCUT2D eigenvalue weighted by Gasteiger charge is 2.25. The van der Waals surface area contributed by atoms with Gasteiger partial charge in [-0.1, -0.05) is 19.4 Å². The smallest absolute Gasteiger partial charge is 0.108 e. The Kier molecular flexibility index (Phi) is 4.72. The number of hydrogen-bond donors (Lipinski definition) is 1. The summed E-state index contributed by atoms with van der Waals surface area (Å²) in [4.78, 5) is 1.30. The van der Waals surface area contributed by atoms with Crippen molar-refractivity contribution in [3.63, 3.8) is 0 Å². The number of benzene rings is 1. The molecule has 1 heterocycles. The number of ether oxygens (including phenoxy) is 1. The molecule has 3 heteroatoms. The first-order chi connectivity index (χ1) is 8.81. The quantitative estimate of drug-likeness (QED) is 0.785. The fraction of sp³-hybridized carbons (Fsp3) is 0.467. The molecule has 1 aromatic carbocycles. The predicted octanol–water partition coefficient (Wildman–Crippen LogP) is 4.60. The summed E-state index contributed by atoms with van der Waals surface area (Å²) in [6.07, 6.45) is 7.87. The maximum Gasteiger partial charge on any atom is 0.108 e. The number of unbranched alkanes of at least 4 members (excludes halogenated alkanes) is 1. The average Bonchev–Trinajstić information content (AvgIpc) is 2.43. The molecule has 0 aromatic heterocycles. The van der Waals surface area contributed by atoms with Crippen LogP contribution < -0.4 is 5.32 Å². The minimum atomic E-state index is 0.108. The van der Waals surface area contributed by atoms with Crippen LogP contribution in [-0.2, 0) is 4.74 Å². The molecule has 0 radical (unpaired) electrons. The maximum absolute atomic E-state index is 5.75. The van der Waals surface area contributed by atoms with Crippen molar-refractivity contribution in [1.29, 1.82) is 0 Å². The Balaban J connectivity index is 2.34. The Labute approximate surface area is 114 Å². The van der Waals surface area contributed by atoms with Gasteiger partial charge in [0.25, 0.3) is 0 Å². The van der Waals surface area contributed by atoms with Gasteiger partial charge >= 0.3 is 0 Å². The lowest BCUT2D eigenvalue weighted by Gasteiger charge is -2.28. The van der Waals surface area contributed by atoms with Crippen molar-refractivity contribution >= 4 is 17.4 Å². The van der Waals surface area contributed by atoms with Crippen molar-refractivity contribution in [2.45, 2.75) is 37.2 Å². The third-order valence-electron chi connectivity index (χ3n) is 3.35. The van der Waals surface area contributed by atoms with E-state index in [1.165, 1.54) is 34.6 Å². The van der Waals surface area contributed by atoms with E-state index in [9.17, 15) is 0 Å². The van der Waals surface area contributed by atoms with Gasteiger partial charge in [0, 0.05) is 29.5 Å². The van der Waals surface area contributed by atoms with Gasteiger partial charge in [-0.3, -0.25) is 0 Å². The van der Waals surface area contributed by atoms with Crippen molar-refractivity contribution in [2.24, 2.45) is 0 Å². The lowest BCUT2D eigenvalue weighted by molar-refractivity contribution is 0.127. The normalized spacial score (nSPS) is 17.9. The maximum atomic E-state index is 5.75. The van der Waals surface area contributed by atoms with Crippen molar-refractivity contribution in [3.8, 4) is 0 Å². The summed E-state index contributed by atoms with van der Waals surface area (Å²) in [7, 11) is 1.80. The van der Waals surface area contributed by atoms with Crippen LogP contribution in [0.2, 0.25) is 0 Å². The minimum absolute atomic E-state index is 0.108. The van der Waals surface area contributed by atoms with E-state index in [1.54, 1.807) is 18.9 Å². The van der Waals surface area contributed by atoms with Crippen LogP contribution >= 0.6 is 11.8 Å². The van der Waals surface area contributed by atoms with Gasteiger partial charge in [-0.2, -0.15) is 0 Å². The van der Waals surface area contributed by atoms with Crippen LogP contribution in [0.25, 0.3) is 0 Å². The minimum Gasteiger partial charge on any atom is -0.372 e. The summed E-state index contributed by atoms with van der Waals surface area (Å²) in [6, 6.07) is 6.38. The number of methoxy groups -OCH3 is 1. The topological polar surface area (TPSA) is 21.3 Å². The van der Waals surface area contributed by atoms with E-state index in [0.717, 1.165) is 6.42 Å². The Morgan fingerprint density at radius 1 is 1.39 bits per heavy atom. The molecule has 0 fully saturated rings. The highest BCUT2D eigenvalue weighted by atomic mass is 32.2. The SMILES string of the molecule is CCCCC1=CNc2cccc(SC)c2C1OC. The number of anilines is 1. The monoisotopic (exact) mass is 263 g/mol. The molecule has 1 aliphatic heterocycles. The van der Waals surface area contributed by atoms with E-state index in [2.05, 4.69) is 42.9 Å². The van der Waals surface area contributed by atoms with Crippen LogP contribution in [0.3, 0.4) is 0 Å². The van der Waals surface area contributed by atoms with E-state index < -0.39 is 0 Å². The zero-order chi connectivity index (χ0) is 13.0. The van der Waals surface area contributed by atoms with Gasteiger partial charge in [-0.25, -0.2) is 0 Å². The zero-order valence-corrected chi connectivity index (χ0v) is 12.1. The van der Waals surface area contributed by atoms with Crippen molar-refractivity contribution in [1.82, 2.24) is 0 Å². The second-order valence-corrected chi connectivity index (χ2v) is 5.35. The zero-order valence-electron chi connectivity index (χ0n) is 11.3. The molecule has 1 atom stereocenters. The number of thioether (sulfide) groups is 1. The number of nitrogens with one attached hydrogen (secondary N) is 1. The number of fused-ring (bicyclic) bond motifs is 1. The molecule has 2 nitrogen and oxygen atoms in total. The highest BCUT2D eigenvalue weighted by Crippen LogP contribution is 2.41. The van der Waals surface area contributed by atoms with Crippen LogP contribution in [0.1, 0.15) is 37.9 Å². The van der Waals surface area contributed by atoms with Gasteiger partial charge in [0.2, 0.25) is 0 Å². The molecule has 1 aliphatic rings. The highest BCUT2D eigenvalue weighted by molar-refractivity contribution is 7.98. The molecule has 0 saturated heterocycles. The molecule has 0 saturated carbocycles. The molecule has 0 bridgehead atoms. The largest absolute Gasteiger partial charge is 0.372 e.